The lowest BCUT2D eigenvalue weighted by atomic mass is 9.96. The van der Waals surface area contributed by atoms with Crippen LogP contribution >= 0.6 is 0 Å². The third-order valence-electron chi connectivity index (χ3n) is 6.67. The van der Waals surface area contributed by atoms with Crippen LogP contribution in [0.25, 0.3) is 11.3 Å². The molecule has 1 aromatic carbocycles. The summed E-state index contributed by atoms with van der Waals surface area (Å²) < 4.78 is 17.2. The van der Waals surface area contributed by atoms with E-state index in [0.717, 1.165) is 29.8 Å². The van der Waals surface area contributed by atoms with Crippen LogP contribution in [0.5, 0.6) is 5.75 Å². The number of nitrogens with zero attached hydrogens (tertiary/aromatic N) is 2. The first kappa shape index (κ1) is 21.9. The number of benzene rings is 1. The number of anilines is 1. The van der Waals surface area contributed by atoms with Gasteiger partial charge in [0.25, 0.3) is 0 Å². The Balaban J connectivity index is 1.17. The average Bonchev–Trinajstić information content (AvgIpc) is 3.43. The monoisotopic (exact) mass is 453 g/mol. The molecule has 2 aromatic rings. The highest BCUT2D eigenvalue weighted by Crippen LogP contribution is 2.29. The molecule has 9 heteroatoms. The molecule has 3 fully saturated rings. The van der Waals surface area contributed by atoms with Gasteiger partial charge in [-0.05, 0) is 43.2 Å². The normalized spacial score (nSPS) is 27.1. The van der Waals surface area contributed by atoms with Crippen LogP contribution in [0.1, 0.15) is 32.1 Å². The summed E-state index contributed by atoms with van der Waals surface area (Å²) >= 11 is 0. The molecule has 3 N–H and O–H groups in total. The van der Waals surface area contributed by atoms with Crippen molar-refractivity contribution in [1.29, 1.82) is 0 Å². The number of fused-ring (bicyclic) bond motifs is 1. The second-order valence-corrected chi connectivity index (χ2v) is 8.90. The largest absolute Gasteiger partial charge is 0.497 e. The lowest BCUT2D eigenvalue weighted by Gasteiger charge is -2.24. The fourth-order valence-electron chi connectivity index (χ4n) is 4.91. The molecule has 0 spiro atoms. The summed E-state index contributed by atoms with van der Waals surface area (Å²) in [7, 11) is 1.65. The zero-order chi connectivity index (χ0) is 22.6. The predicted octanol–water partition coefficient (Wildman–Crippen LogP) is 2.73. The van der Waals surface area contributed by atoms with Gasteiger partial charge in [-0.2, -0.15) is 0 Å². The summed E-state index contributed by atoms with van der Waals surface area (Å²) in [5.41, 5.74) is 1.80. The van der Waals surface area contributed by atoms with Gasteiger partial charge in [-0.25, -0.2) is 14.8 Å². The SMILES string of the molecule is COc1ccc(-c2ccnc(N[C@@H]3CO[C@@H]4[C@@H]3OC[C@@H]4NC(=O)NC3CCCCC3)n2)cc1. The van der Waals surface area contributed by atoms with Gasteiger partial charge in [-0.15, -0.1) is 0 Å². The van der Waals surface area contributed by atoms with E-state index >= 15 is 0 Å². The molecular weight excluding hydrogens is 422 g/mol. The van der Waals surface area contributed by atoms with Gasteiger partial charge in [0.05, 0.1) is 38.1 Å². The van der Waals surface area contributed by atoms with Crippen LogP contribution in [0.3, 0.4) is 0 Å². The van der Waals surface area contributed by atoms with Crippen molar-refractivity contribution >= 4 is 12.0 Å². The lowest BCUT2D eigenvalue weighted by molar-refractivity contribution is 0.0681. The van der Waals surface area contributed by atoms with Crippen molar-refractivity contribution in [2.75, 3.05) is 25.6 Å². The van der Waals surface area contributed by atoms with Gasteiger partial charge in [0.15, 0.2) is 0 Å². The highest BCUT2D eigenvalue weighted by atomic mass is 16.6. The maximum Gasteiger partial charge on any atom is 0.315 e. The van der Waals surface area contributed by atoms with Crippen LogP contribution in [-0.4, -0.2) is 66.7 Å². The van der Waals surface area contributed by atoms with Gasteiger partial charge in [-0.3, -0.25) is 0 Å². The number of hydrogen-bond acceptors (Lipinski definition) is 7. The van der Waals surface area contributed by atoms with E-state index in [1.54, 1.807) is 13.3 Å². The van der Waals surface area contributed by atoms with Crippen LogP contribution < -0.4 is 20.7 Å². The molecule has 2 amide bonds. The molecule has 1 aromatic heterocycles. The standard InChI is InChI=1S/C24H31N5O4/c1-31-17-9-7-15(8-10-17)18-11-12-25-23(27-18)28-19-13-32-22-20(14-33-21(19)22)29-24(30)26-16-5-3-2-4-6-16/h7-12,16,19-22H,2-6,13-14H2,1H3,(H,25,27,28)(H2,26,29,30)/t19-,20+,21-,22+/m1/s1. The molecule has 3 heterocycles. The van der Waals surface area contributed by atoms with Crippen LogP contribution in [0, 0.1) is 0 Å². The van der Waals surface area contributed by atoms with E-state index < -0.39 is 0 Å². The first-order valence-electron chi connectivity index (χ1n) is 11.7. The Kier molecular flexibility index (Phi) is 6.59. The molecule has 4 atom stereocenters. The molecule has 9 nitrogen and oxygen atoms in total. The van der Waals surface area contributed by atoms with Gasteiger partial charge in [0.2, 0.25) is 5.95 Å². The van der Waals surface area contributed by atoms with Crippen molar-refractivity contribution in [3.05, 3.63) is 36.5 Å². The second kappa shape index (κ2) is 9.93. The molecule has 2 saturated heterocycles. The molecule has 0 radical (unpaired) electrons. The number of amides is 2. The lowest BCUT2D eigenvalue weighted by Crippen LogP contribution is -2.51. The fraction of sp³-hybridized carbons (Fsp3) is 0.542. The molecule has 1 aliphatic carbocycles. The predicted molar refractivity (Wildman–Crippen MR) is 123 cm³/mol. The van der Waals surface area contributed by atoms with Gasteiger partial charge in [-0.1, -0.05) is 19.3 Å². The number of carbonyl (C=O) groups excluding carboxylic acids is 1. The molecule has 33 heavy (non-hydrogen) atoms. The van der Waals surface area contributed by atoms with Gasteiger partial charge in [0, 0.05) is 17.8 Å². The number of ether oxygens (including phenoxy) is 3. The van der Waals surface area contributed by atoms with Gasteiger partial charge >= 0.3 is 6.03 Å². The van der Waals surface area contributed by atoms with Crippen LogP contribution in [0.15, 0.2) is 36.5 Å². The molecule has 1 saturated carbocycles. The Morgan fingerprint density at radius 3 is 2.45 bits per heavy atom. The minimum Gasteiger partial charge on any atom is -0.497 e. The van der Waals surface area contributed by atoms with E-state index in [9.17, 15) is 4.79 Å². The Labute approximate surface area is 193 Å². The molecule has 0 bridgehead atoms. The van der Waals surface area contributed by atoms with E-state index in [1.165, 1.54) is 19.3 Å². The number of hydrogen-bond donors (Lipinski definition) is 3. The van der Waals surface area contributed by atoms with Crippen molar-refractivity contribution < 1.29 is 19.0 Å². The minimum absolute atomic E-state index is 0.0886. The smallest absolute Gasteiger partial charge is 0.315 e. The Morgan fingerprint density at radius 2 is 1.70 bits per heavy atom. The number of aromatic nitrogens is 2. The average molecular weight is 454 g/mol. The quantitative estimate of drug-likeness (QED) is 0.617. The second-order valence-electron chi connectivity index (χ2n) is 8.90. The number of carbonyl (C=O) groups is 1. The molecule has 2 aliphatic heterocycles. The minimum atomic E-state index is -0.190. The molecule has 0 unspecified atom stereocenters. The summed E-state index contributed by atoms with van der Waals surface area (Å²) in [6.07, 6.45) is 7.10. The number of nitrogens with one attached hydrogen (secondary N) is 3. The van der Waals surface area contributed by atoms with Crippen molar-refractivity contribution in [2.45, 2.75) is 62.4 Å². The zero-order valence-electron chi connectivity index (χ0n) is 18.8. The Bertz CT molecular complexity index is 950. The number of urea groups is 1. The Hall–Kier alpha value is -2.91. The Morgan fingerprint density at radius 1 is 0.970 bits per heavy atom. The van der Waals surface area contributed by atoms with Gasteiger partial charge < -0.3 is 30.2 Å². The maximum absolute atomic E-state index is 12.5. The van der Waals surface area contributed by atoms with E-state index in [2.05, 4.69) is 25.9 Å². The van der Waals surface area contributed by atoms with E-state index in [4.69, 9.17) is 14.2 Å². The van der Waals surface area contributed by atoms with Crippen molar-refractivity contribution in [3.63, 3.8) is 0 Å². The third kappa shape index (κ3) is 5.04. The van der Waals surface area contributed by atoms with Crippen LogP contribution in [0.4, 0.5) is 10.7 Å². The van der Waals surface area contributed by atoms with E-state index in [-0.39, 0.29) is 36.4 Å². The molecule has 5 rings (SSSR count). The van der Waals surface area contributed by atoms with Crippen molar-refractivity contribution in [2.24, 2.45) is 0 Å². The third-order valence-corrected chi connectivity index (χ3v) is 6.67. The summed E-state index contributed by atoms with van der Waals surface area (Å²) in [5.74, 6) is 1.32. The molecular formula is C24H31N5O4. The zero-order valence-corrected chi connectivity index (χ0v) is 18.8. The van der Waals surface area contributed by atoms with E-state index in [1.807, 2.05) is 30.3 Å². The van der Waals surface area contributed by atoms with Crippen molar-refractivity contribution in [3.8, 4) is 17.0 Å². The van der Waals surface area contributed by atoms with E-state index in [0.29, 0.717) is 19.2 Å². The van der Waals surface area contributed by atoms with Crippen LogP contribution in [0.2, 0.25) is 0 Å². The summed E-state index contributed by atoms with van der Waals surface area (Å²) in [6, 6.07) is 9.50. The highest BCUT2D eigenvalue weighted by molar-refractivity contribution is 5.74. The summed E-state index contributed by atoms with van der Waals surface area (Å²) in [6.45, 7) is 0.895. The van der Waals surface area contributed by atoms with Crippen molar-refractivity contribution in [1.82, 2.24) is 20.6 Å². The van der Waals surface area contributed by atoms with Gasteiger partial charge in [0.1, 0.15) is 18.0 Å². The fourth-order valence-corrected chi connectivity index (χ4v) is 4.91. The molecule has 3 aliphatic rings. The summed E-state index contributed by atoms with van der Waals surface area (Å²) in [4.78, 5) is 21.5. The first-order valence-corrected chi connectivity index (χ1v) is 11.7. The summed E-state index contributed by atoms with van der Waals surface area (Å²) in [5, 5.41) is 9.51. The maximum atomic E-state index is 12.5. The molecule has 176 valence electrons. The number of rotatable bonds is 6. The first-order chi connectivity index (χ1) is 16.2. The number of methoxy groups -OCH3 is 1. The van der Waals surface area contributed by atoms with Crippen LogP contribution in [-0.2, 0) is 9.47 Å². The topological polar surface area (TPSA) is 107 Å². The highest BCUT2D eigenvalue weighted by Gasteiger charge is 2.48.